The molecule has 2 heterocycles. The standard InChI is InChI=1S/C17H14N2O2S2/c1-21-11-6-7-12-14(9-11)23-17(18-12)19-16(20)15-8-10-4-2-3-5-13(10)22-15/h2-7,9,15H,8H2,1H3,(H,18,19,20)/t15-/m1/s1. The molecule has 4 rings (SSSR count). The van der Waals surface area contributed by atoms with Gasteiger partial charge in [0.15, 0.2) is 5.13 Å². The fraction of sp³-hybridized carbons (Fsp3) is 0.176. The number of aromatic nitrogens is 1. The minimum absolute atomic E-state index is 0.0113. The van der Waals surface area contributed by atoms with E-state index in [4.69, 9.17) is 4.74 Å². The monoisotopic (exact) mass is 342 g/mol. The molecule has 0 aliphatic carbocycles. The van der Waals surface area contributed by atoms with Gasteiger partial charge in [0.2, 0.25) is 5.91 Å². The average molecular weight is 342 g/mol. The molecule has 4 nitrogen and oxygen atoms in total. The van der Waals surface area contributed by atoms with E-state index in [1.165, 1.54) is 21.8 Å². The first-order valence-electron chi connectivity index (χ1n) is 7.23. The molecule has 3 aromatic rings. The van der Waals surface area contributed by atoms with Crippen molar-refractivity contribution in [1.82, 2.24) is 4.98 Å². The molecular weight excluding hydrogens is 328 g/mol. The van der Waals surface area contributed by atoms with Crippen molar-refractivity contribution in [3.63, 3.8) is 0 Å². The maximum Gasteiger partial charge on any atom is 0.239 e. The Balaban J connectivity index is 1.51. The molecule has 0 saturated carbocycles. The van der Waals surface area contributed by atoms with Gasteiger partial charge >= 0.3 is 0 Å². The van der Waals surface area contributed by atoms with Crippen molar-refractivity contribution in [3.8, 4) is 5.75 Å². The Bertz CT molecular complexity index is 866. The second kappa shape index (κ2) is 5.86. The number of amides is 1. The number of nitrogens with zero attached hydrogens (tertiary/aromatic N) is 1. The first-order chi connectivity index (χ1) is 11.2. The third kappa shape index (κ3) is 2.80. The molecule has 0 bridgehead atoms. The zero-order chi connectivity index (χ0) is 15.8. The molecule has 0 radical (unpaired) electrons. The van der Waals surface area contributed by atoms with Crippen molar-refractivity contribution in [2.24, 2.45) is 0 Å². The highest BCUT2D eigenvalue weighted by molar-refractivity contribution is 8.01. The summed E-state index contributed by atoms with van der Waals surface area (Å²) in [6.07, 6.45) is 0.769. The van der Waals surface area contributed by atoms with Gasteiger partial charge in [0.05, 0.1) is 22.6 Å². The number of methoxy groups -OCH3 is 1. The Morgan fingerprint density at radius 1 is 1.30 bits per heavy atom. The highest BCUT2D eigenvalue weighted by atomic mass is 32.2. The fourth-order valence-corrected chi connectivity index (χ4v) is 4.69. The van der Waals surface area contributed by atoms with Crippen LogP contribution in [-0.4, -0.2) is 23.3 Å². The summed E-state index contributed by atoms with van der Waals surface area (Å²) in [6, 6.07) is 13.9. The van der Waals surface area contributed by atoms with E-state index in [0.29, 0.717) is 5.13 Å². The summed E-state index contributed by atoms with van der Waals surface area (Å²) in [5.74, 6) is 0.804. The Morgan fingerprint density at radius 3 is 3.00 bits per heavy atom. The molecule has 1 amide bonds. The Kier molecular flexibility index (Phi) is 3.71. The summed E-state index contributed by atoms with van der Waals surface area (Å²) in [5, 5.41) is 3.50. The van der Waals surface area contributed by atoms with Crippen LogP contribution >= 0.6 is 23.1 Å². The van der Waals surface area contributed by atoms with Gasteiger partial charge in [-0.3, -0.25) is 4.79 Å². The van der Waals surface area contributed by atoms with Crippen molar-refractivity contribution >= 4 is 44.4 Å². The third-order valence-corrected chi connectivity index (χ3v) is 6.02. The Labute approximate surface area is 141 Å². The molecule has 1 aliphatic heterocycles. The van der Waals surface area contributed by atoms with Crippen LogP contribution in [0.15, 0.2) is 47.4 Å². The summed E-state index contributed by atoms with van der Waals surface area (Å²) in [7, 11) is 1.64. The number of nitrogens with one attached hydrogen (secondary N) is 1. The number of thioether (sulfide) groups is 1. The van der Waals surface area contributed by atoms with Gasteiger partial charge < -0.3 is 10.1 Å². The lowest BCUT2D eigenvalue weighted by atomic mass is 10.1. The predicted molar refractivity (Wildman–Crippen MR) is 94.6 cm³/mol. The minimum Gasteiger partial charge on any atom is -0.497 e. The normalized spacial score (nSPS) is 16.3. The lowest BCUT2D eigenvalue weighted by molar-refractivity contribution is -0.115. The summed E-state index contributed by atoms with van der Waals surface area (Å²) in [5.41, 5.74) is 2.11. The van der Waals surface area contributed by atoms with Crippen molar-refractivity contribution in [2.75, 3.05) is 12.4 Å². The Hall–Kier alpha value is -2.05. The van der Waals surface area contributed by atoms with Gasteiger partial charge in [-0.15, -0.1) is 11.8 Å². The van der Waals surface area contributed by atoms with E-state index >= 15 is 0 Å². The van der Waals surface area contributed by atoms with Crippen molar-refractivity contribution in [1.29, 1.82) is 0 Å². The second-order valence-electron chi connectivity index (χ2n) is 5.26. The van der Waals surface area contributed by atoms with Gasteiger partial charge in [-0.2, -0.15) is 0 Å². The maximum absolute atomic E-state index is 12.5. The van der Waals surface area contributed by atoms with E-state index in [-0.39, 0.29) is 11.2 Å². The van der Waals surface area contributed by atoms with Gasteiger partial charge in [0.1, 0.15) is 5.75 Å². The van der Waals surface area contributed by atoms with Crippen LogP contribution in [0.2, 0.25) is 0 Å². The summed E-state index contributed by atoms with van der Waals surface area (Å²) < 4.78 is 6.22. The minimum atomic E-state index is -0.0889. The van der Waals surface area contributed by atoms with Gasteiger partial charge in [-0.1, -0.05) is 29.5 Å². The lowest BCUT2D eigenvalue weighted by Crippen LogP contribution is -2.24. The van der Waals surface area contributed by atoms with Gasteiger partial charge in [-0.05, 0) is 36.2 Å². The molecular formula is C17H14N2O2S2. The number of rotatable bonds is 3. The smallest absolute Gasteiger partial charge is 0.239 e. The molecule has 1 aromatic heterocycles. The highest BCUT2D eigenvalue weighted by Gasteiger charge is 2.28. The molecule has 2 aromatic carbocycles. The zero-order valence-corrected chi connectivity index (χ0v) is 14.0. The summed E-state index contributed by atoms with van der Waals surface area (Å²) in [4.78, 5) is 18.2. The van der Waals surface area contributed by atoms with E-state index in [1.807, 2.05) is 30.3 Å². The molecule has 0 saturated heterocycles. The van der Waals surface area contributed by atoms with Crippen molar-refractivity contribution in [3.05, 3.63) is 48.0 Å². The van der Waals surface area contributed by atoms with E-state index in [0.717, 1.165) is 22.4 Å². The quantitative estimate of drug-likeness (QED) is 0.783. The molecule has 6 heteroatoms. The number of benzene rings is 2. The van der Waals surface area contributed by atoms with E-state index < -0.39 is 0 Å². The van der Waals surface area contributed by atoms with Crippen LogP contribution in [0.25, 0.3) is 10.2 Å². The van der Waals surface area contributed by atoms with Crippen LogP contribution in [0.4, 0.5) is 5.13 Å². The number of fused-ring (bicyclic) bond motifs is 2. The number of anilines is 1. The van der Waals surface area contributed by atoms with Gasteiger partial charge in [-0.25, -0.2) is 4.98 Å². The van der Waals surface area contributed by atoms with E-state index in [2.05, 4.69) is 22.4 Å². The number of hydrogen-bond donors (Lipinski definition) is 1. The predicted octanol–water partition coefficient (Wildman–Crippen LogP) is 3.96. The largest absolute Gasteiger partial charge is 0.497 e. The van der Waals surface area contributed by atoms with Crippen LogP contribution in [-0.2, 0) is 11.2 Å². The van der Waals surface area contributed by atoms with Crippen LogP contribution in [0, 0.1) is 0 Å². The van der Waals surface area contributed by atoms with Gasteiger partial charge in [0, 0.05) is 4.90 Å². The SMILES string of the molecule is COc1ccc2nc(NC(=O)[C@H]3Cc4ccccc4S3)sc2c1. The molecule has 0 fully saturated rings. The highest BCUT2D eigenvalue weighted by Crippen LogP contribution is 2.37. The molecule has 0 unspecified atom stereocenters. The number of carbonyl (C=O) groups excluding carboxylic acids is 1. The van der Waals surface area contributed by atoms with Crippen LogP contribution in [0.1, 0.15) is 5.56 Å². The summed E-state index contributed by atoms with van der Waals surface area (Å²) >= 11 is 3.09. The zero-order valence-electron chi connectivity index (χ0n) is 12.4. The van der Waals surface area contributed by atoms with Crippen molar-refractivity contribution < 1.29 is 9.53 Å². The van der Waals surface area contributed by atoms with Crippen molar-refractivity contribution in [2.45, 2.75) is 16.6 Å². The maximum atomic E-state index is 12.5. The average Bonchev–Trinajstić information content (AvgIpc) is 3.17. The molecule has 116 valence electrons. The topological polar surface area (TPSA) is 51.2 Å². The van der Waals surface area contributed by atoms with Crippen LogP contribution in [0.3, 0.4) is 0 Å². The number of carbonyl (C=O) groups is 1. The number of hydrogen-bond acceptors (Lipinski definition) is 5. The van der Waals surface area contributed by atoms with E-state index in [1.54, 1.807) is 18.9 Å². The van der Waals surface area contributed by atoms with Crippen LogP contribution in [0.5, 0.6) is 5.75 Å². The molecule has 1 N–H and O–H groups in total. The molecule has 23 heavy (non-hydrogen) atoms. The van der Waals surface area contributed by atoms with E-state index in [9.17, 15) is 4.79 Å². The molecule has 1 aliphatic rings. The first kappa shape index (κ1) is 14.5. The first-order valence-corrected chi connectivity index (χ1v) is 8.92. The third-order valence-electron chi connectivity index (χ3n) is 3.77. The molecule has 1 atom stereocenters. The second-order valence-corrected chi connectivity index (χ2v) is 7.54. The van der Waals surface area contributed by atoms with Crippen LogP contribution < -0.4 is 10.1 Å². The number of thiazole rings is 1. The Morgan fingerprint density at radius 2 is 2.17 bits per heavy atom. The summed E-state index contributed by atoms with van der Waals surface area (Å²) in [6.45, 7) is 0. The van der Waals surface area contributed by atoms with Gasteiger partial charge in [0.25, 0.3) is 0 Å². The number of ether oxygens (including phenoxy) is 1. The lowest BCUT2D eigenvalue weighted by Gasteiger charge is -2.07. The fourth-order valence-electron chi connectivity index (χ4n) is 2.60. The molecule has 0 spiro atoms.